The number of fused-ring (bicyclic) bond motifs is 1. The molecule has 1 atom stereocenters. The van der Waals surface area contributed by atoms with Crippen molar-refractivity contribution >= 4 is 16.9 Å². The van der Waals surface area contributed by atoms with Crippen molar-refractivity contribution in [3.63, 3.8) is 0 Å². The van der Waals surface area contributed by atoms with Gasteiger partial charge in [0.05, 0.1) is 17.5 Å². The molecule has 2 aromatic heterocycles. The summed E-state index contributed by atoms with van der Waals surface area (Å²) in [4.78, 5) is 22.3. The van der Waals surface area contributed by atoms with E-state index in [0.29, 0.717) is 11.6 Å². The van der Waals surface area contributed by atoms with E-state index < -0.39 is 0 Å². The number of piperazine rings is 1. The van der Waals surface area contributed by atoms with Crippen LogP contribution in [0.25, 0.3) is 11.0 Å². The number of rotatable bonds is 3. The highest BCUT2D eigenvalue weighted by Crippen LogP contribution is 2.23. The molecule has 26 heavy (non-hydrogen) atoms. The molecule has 1 N–H and O–H groups in total. The fourth-order valence-corrected chi connectivity index (χ4v) is 4.10. The number of hydrogen-bond donors (Lipinski definition) is 1. The van der Waals surface area contributed by atoms with Crippen molar-refractivity contribution in [2.45, 2.75) is 39.3 Å². The van der Waals surface area contributed by atoms with E-state index in [1.54, 1.807) is 0 Å². The van der Waals surface area contributed by atoms with E-state index in [0.717, 1.165) is 62.4 Å². The average Bonchev–Trinajstić information content (AvgIpc) is 3.28. The van der Waals surface area contributed by atoms with Crippen LogP contribution in [0.15, 0.2) is 12.3 Å². The van der Waals surface area contributed by atoms with E-state index >= 15 is 0 Å². The number of carbonyl (C=O) groups is 1. The quantitative estimate of drug-likeness (QED) is 0.901. The van der Waals surface area contributed by atoms with Gasteiger partial charge < -0.3 is 10.2 Å². The summed E-state index contributed by atoms with van der Waals surface area (Å²) >= 11 is 0. The van der Waals surface area contributed by atoms with Crippen LogP contribution in [0, 0.1) is 6.92 Å². The third kappa shape index (κ3) is 3.10. The minimum atomic E-state index is 0.104. The molecule has 2 aliphatic rings. The minimum absolute atomic E-state index is 0.104. The van der Waals surface area contributed by atoms with Gasteiger partial charge >= 0.3 is 0 Å². The van der Waals surface area contributed by atoms with Crippen molar-refractivity contribution in [3.05, 3.63) is 23.5 Å². The lowest BCUT2D eigenvalue weighted by molar-refractivity contribution is 0.0772. The van der Waals surface area contributed by atoms with Crippen molar-refractivity contribution in [2.75, 3.05) is 39.3 Å². The Bertz CT molecular complexity index is 808. The lowest BCUT2D eigenvalue weighted by Gasteiger charge is -2.32. The fraction of sp³-hybridized carbons (Fsp3) is 0.632. The molecule has 0 bridgehead atoms. The number of hydrogen-bond acceptors (Lipinski definition) is 5. The Labute approximate surface area is 154 Å². The maximum absolute atomic E-state index is 13.1. The second-order valence-electron chi connectivity index (χ2n) is 7.70. The highest BCUT2D eigenvalue weighted by atomic mass is 16.2. The number of amides is 1. The van der Waals surface area contributed by atoms with Crippen LogP contribution in [-0.4, -0.2) is 75.8 Å². The first kappa shape index (κ1) is 17.4. The molecule has 140 valence electrons. The van der Waals surface area contributed by atoms with Crippen LogP contribution >= 0.6 is 0 Å². The van der Waals surface area contributed by atoms with E-state index in [1.807, 2.05) is 28.8 Å². The first-order chi connectivity index (χ1) is 12.5. The molecule has 2 saturated heterocycles. The smallest absolute Gasteiger partial charge is 0.255 e. The Balaban J connectivity index is 1.54. The lowest BCUT2D eigenvalue weighted by atomic mass is 10.1. The maximum atomic E-state index is 13.1. The normalized spacial score (nSPS) is 21.8. The zero-order chi connectivity index (χ0) is 18.3. The van der Waals surface area contributed by atoms with E-state index in [9.17, 15) is 4.79 Å². The number of likely N-dealkylation sites (tertiary alicyclic amines) is 1. The number of nitrogens with one attached hydrogen (secondary N) is 1. The number of pyridine rings is 1. The van der Waals surface area contributed by atoms with Gasteiger partial charge in [-0.05, 0) is 33.3 Å². The van der Waals surface area contributed by atoms with Crippen LogP contribution in [0.1, 0.15) is 42.4 Å². The van der Waals surface area contributed by atoms with Crippen molar-refractivity contribution in [1.82, 2.24) is 29.9 Å². The molecule has 0 aromatic carbocycles. The molecule has 0 saturated carbocycles. The van der Waals surface area contributed by atoms with Crippen LogP contribution in [0.5, 0.6) is 0 Å². The summed E-state index contributed by atoms with van der Waals surface area (Å²) in [6.07, 6.45) is 2.87. The van der Waals surface area contributed by atoms with Crippen LogP contribution < -0.4 is 5.32 Å². The third-order valence-electron chi connectivity index (χ3n) is 5.60. The first-order valence-electron chi connectivity index (χ1n) is 9.63. The lowest BCUT2D eigenvalue weighted by Crippen LogP contribution is -2.49. The minimum Gasteiger partial charge on any atom is -0.337 e. The highest BCUT2D eigenvalue weighted by Gasteiger charge is 2.32. The number of carbonyl (C=O) groups excluding carboxylic acids is 1. The number of aryl methyl sites for hydroxylation is 1. The molecular formula is C19H28N6O. The van der Waals surface area contributed by atoms with Gasteiger partial charge in [0.1, 0.15) is 0 Å². The summed E-state index contributed by atoms with van der Waals surface area (Å²) in [5.74, 6) is 0.104. The van der Waals surface area contributed by atoms with Crippen molar-refractivity contribution in [1.29, 1.82) is 0 Å². The summed E-state index contributed by atoms with van der Waals surface area (Å²) in [5, 5.41) is 8.75. The monoisotopic (exact) mass is 356 g/mol. The zero-order valence-corrected chi connectivity index (χ0v) is 15.9. The summed E-state index contributed by atoms with van der Waals surface area (Å²) in [6, 6.07) is 2.70. The first-order valence-corrected chi connectivity index (χ1v) is 9.63. The zero-order valence-electron chi connectivity index (χ0n) is 15.9. The Hall–Kier alpha value is -1.99. The molecule has 7 heteroatoms. The van der Waals surface area contributed by atoms with E-state index in [2.05, 4.69) is 29.2 Å². The van der Waals surface area contributed by atoms with Gasteiger partial charge in [0.2, 0.25) is 0 Å². The molecule has 4 heterocycles. The van der Waals surface area contributed by atoms with Gasteiger partial charge in [-0.3, -0.25) is 9.69 Å². The molecule has 0 spiro atoms. The Morgan fingerprint density at radius 1 is 1.27 bits per heavy atom. The SMILES string of the molecule is Cc1nc2c(cnn2C(C)C)cc1C(=O)N1CCC(N2CCNCC2)C1. The van der Waals surface area contributed by atoms with Crippen molar-refractivity contribution in [2.24, 2.45) is 0 Å². The van der Waals surface area contributed by atoms with Gasteiger partial charge in [0.25, 0.3) is 5.91 Å². The predicted molar refractivity (Wildman–Crippen MR) is 101 cm³/mol. The largest absolute Gasteiger partial charge is 0.337 e. The van der Waals surface area contributed by atoms with Crippen molar-refractivity contribution in [3.8, 4) is 0 Å². The van der Waals surface area contributed by atoms with Gasteiger partial charge in [0, 0.05) is 56.7 Å². The molecule has 4 rings (SSSR count). The van der Waals surface area contributed by atoms with Gasteiger partial charge in [-0.15, -0.1) is 0 Å². The van der Waals surface area contributed by atoms with Crippen molar-refractivity contribution < 1.29 is 4.79 Å². The van der Waals surface area contributed by atoms with Gasteiger partial charge in [0.15, 0.2) is 5.65 Å². The predicted octanol–water partition coefficient (Wildman–Crippen LogP) is 1.44. The number of nitrogens with zero attached hydrogens (tertiary/aromatic N) is 5. The third-order valence-corrected chi connectivity index (χ3v) is 5.60. The second-order valence-corrected chi connectivity index (χ2v) is 7.70. The summed E-state index contributed by atoms with van der Waals surface area (Å²) in [6.45, 7) is 12.0. The molecule has 7 nitrogen and oxygen atoms in total. The average molecular weight is 356 g/mol. The fourth-order valence-electron chi connectivity index (χ4n) is 4.10. The van der Waals surface area contributed by atoms with Crippen LogP contribution in [0.3, 0.4) is 0 Å². The topological polar surface area (TPSA) is 66.3 Å². The summed E-state index contributed by atoms with van der Waals surface area (Å²) in [5.41, 5.74) is 2.35. The maximum Gasteiger partial charge on any atom is 0.255 e. The van der Waals surface area contributed by atoms with Crippen LogP contribution in [0.2, 0.25) is 0 Å². The molecule has 0 aliphatic carbocycles. The van der Waals surface area contributed by atoms with Crippen LogP contribution in [0.4, 0.5) is 0 Å². The van der Waals surface area contributed by atoms with Gasteiger partial charge in [-0.25, -0.2) is 9.67 Å². The molecule has 0 radical (unpaired) electrons. The Kier molecular flexibility index (Phi) is 4.67. The van der Waals surface area contributed by atoms with E-state index in [4.69, 9.17) is 4.98 Å². The molecule has 2 aliphatic heterocycles. The van der Waals surface area contributed by atoms with E-state index in [-0.39, 0.29) is 11.9 Å². The van der Waals surface area contributed by atoms with Gasteiger partial charge in [-0.2, -0.15) is 5.10 Å². The summed E-state index contributed by atoms with van der Waals surface area (Å²) < 4.78 is 1.91. The van der Waals surface area contributed by atoms with Crippen LogP contribution in [-0.2, 0) is 0 Å². The Morgan fingerprint density at radius 2 is 2.04 bits per heavy atom. The number of aromatic nitrogens is 3. The highest BCUT2D eigenvalue weighted by molar-refractivity contribution is 5.98. The van der Waals surface area contributed by atoms with E-state index in [1.165, 1.54) is 0 Å². The molecule has 1 unspecified atom stereocenters. The second kappa shape index (κ2) is 6.96. The summed E-state index contributed by atoms with van der Waals surface area (Å²) in [7, 11) is 0. The molecule has 2 fully saturated rings. The van der Waals surface area contributed by atoms with Gasteiger partial charge in [-0.1, -0.05) is 0 Å². The Morgan fingerprint density at radius 3 is 2.77 bits per heavy atom. The molecular weight excluding hydrogens is 328 g/mol. The standard InChI is InChI=1S/C19H28N6O/c1-13(2)25-18-15(11-21-25)10-17(14(3)22-18)19(26)24-7-4-16(12-24)23-8-5-20-6-9-23/h10-11,13,16,20H,4-9,12H2,1-3H3. The molecule has 2 aromatic rings. The molecule has 1 amide bonds.